The van der Waals surface area contributed by atoms with E-state index >= 15 is 0 Å². The van der Waals surface area contributed by atoms with E-state index in [-0.39, 0.29) is 17.7 Å². The first-order valence-corrected chi connectivity index (χ1v) is 8.36. The SMILES string of the molecule is CC[C@H](c1ccccc1)c1nnc(NC(=O)[C@@H]2CCOC2)s1. The summed E-state index contributed by atoms with van der Waals surface area (Å²) < 4.78 is 5.24. The number of hydrogen-bond acceptors (Lipinski definition) is 5. The molecule has 0 aliphatic carbocycles. The van der Waals surface area contributed by atoms with E-state index in [0.29, 0.717) is 18.3 Å². The number of nitrogens with zero attached hydrogens (tertiary/aromatic N) is 2. The molecule has 0 spiro atoms. The Morgan fingerprint density at radius 3 is 2.91 bits per heavy atom. The normalized spacial score (nSPS) is 19.0. The minimum Gasteiger partial charge on any atom is -0.381 e. The molecule has 0 radical (unpaired) electrons. The van der Waals surface area contributed by atoms with Crippen LogP contribution < -0.4 is 5.32 Å². The first-order chi connectivity index (χ1) is 10.8. The van der Waals surface area contributed by atoms with Crippen LogP contribution >= 0.6 is 11.3 Å². The highest BCUT2D eigenvalue weighted by Gasteiger charge is 2.25. The molecule has 116 valence electrons. The van der Waals surface area contributed by atoms with Gasteiger partial charge in [-0.05, 0) is 18.4 Å². The van der Waals surface area contributed by atoms with Crippen LogP contribution in [0.2, 0.25) is 0 Å². The van der Waals surface area contributed by atoms with Gasteiger partial charge in [-0.15, -0.1) is 10.2 Å². The van der Waals surface area contributed by atoms with Gasteiger partial charge in [0.15, 0.2) is 0 Å². The van der Waals surface area contributed by atoms with E-state index in [1.54, 1.807) is 0 Å². The van der Waals surface area contributed by atoms with E-state index in [0.717, 1.165) is 17.8 Å². The number of amides is 1. The van der Waals surface area contributed by atoms with Gasteiger partial charge in [-0.3, -0.25) is 4.79 Å². The molecule has 1 saturated heterocycles. The van der Waals surface area contributed by atoms with Crippen LogP contribution in [0.1, 0.15) is 36.3 Å². The van der Waals surface area contributed by atoms with Gasteiger partial charge in [0.2, 0.25) is 11.0 Å². The van der Waals surface area contributed by atoms with Crippen molar-refractivity contribution in [3.05, 3.63) is 40.9 Å². The number of anilines is 1. The van der Waals surface area contributed by atoms with Crippen LogP contribution in [0.3, 0.4) is 0 Å². The van der Waals surface area contributed by atoms with Crippen molar-refractivity contribution in [3.63, 3.8) is 0 Å². The predicted molar refractivity (Wildman–Crippen MR) is 86.0 cm³/mol. The van der Waals surface area contributed by atoms with Gasteiger partial charge in [0.05, 0.1) is 12.5 Å². The topological polar surface area (TPSA) is 64.1 Å². The molecule has 2 aromatic rings. The van der Waals surface area contributed by atoms with Crippen LogP contribution in [0.25, 0.3) is 0 Å². The molecule has 5 nitrogen and oxygen atoms in total. The first kappa shape index (κ1) is 15.1. The third kappa shape index (κ3) is 3.34. The molecule has 1 aromatic heterocycles. The summed E-state index contributed by atoms with van der Waals surface area (Å²) in [4.78, 5) is 12.1. The molecule has 1 N–H and O–H groups in total. The lowest BCUT2D eigenvalue weighted by Crippen LogP contribution is -2.22. The lowest BCUT2D eigenvalue weighted by atomic mass is 9.97. The van der Waals surface area contributed by atoms with Crippen molar-refractivity contribution in [1.82, 2.24) is 10.2 Å². The maximum absolute atomic E-state index is 12.1. The summed E-state index contributed by atoms with van der Waals surface area (Å²) in [5.41, 5.74) is 1.23. The van der Waals surface area contributed by atoms with Gasteiger partial charge in [0.25, 0.3) is 0 Å². The summed E-state index contributed by atoms with van der Waals surface area (Å²) >= 11 is 1.45. The molecule has 2 heterocycles. The quantitative estimate of drug-likeness (QED) is 0.920. The Kier molecular flexibility index (Phi) is 4.80. The van der Waals surface area contributed by atoms with Crippen LogP contribution in [0.5, 0.6) is 0 Å². The van der Waals surface area contributed by atoms with Crippen molar-refractivity contribution in [3.8, 4) is 0 Å². The van der Waals surface area contributed by atoms with Gasteiger partial charge in [0.1, 0.15) is 5.01 Å². The molecular formula is C16H19N3O2S. The second kappa shape index (κ2) is 6.98. The monoisotopic (exact) mass is 317 g/mol. The molecule has 6 heteroatoms. The number of rotatable bonds is 5. The lowest BCUT2D eigenvalue weighted by Gasteiger charge is -2.11. The maximum Gasteiger partial charge on any atom is 0.231 e. The third-order valence-corrected chi connectivity index (χ3v) is 4.83. The summed E-state index contributed by atoms with van der Waals surface area (Å²) in [7, 11) is 0. The fourth-order valence-electron chi connectivity index (χ4n) is 2.61. The molecule has 1 aliphatic heterocycles. The smallest absolute Gasteiger partial charge is 0.231 e. The zero-order valence-corrected chi connectivity index (χ0v) is 13.3. The Hall–Kier alpha value is -1.79. The molecular weight excluding hydrogens is 298 g/mol. The second-order valence-corrected chi connectivity index (χ2v) is 6.38. The Morgan fingerprint density at radius 2 is 2.23 bits per heavy atom. The first-order valence-electron chi connectivity index (χ1n) is 7.55. The maximum atomic E-state index is 12.1. The van der Waals surface area contributed by atoms with Crippen molar-refractivity contribution in [1.29, 1.82) is 0 Å². The highest BCUT2D eigenvalue weighted by atomic mass is 32.1. The minimum atomic E-state index is -0.0663. The van der Waals surface area contributed by atoms with Crippen molar-refractivity contribution >= 4 is 22.4 Å². The molecule has 1 amide bonds. The highest BCUT2D eigenvalue weighted by molar-refractivity contribution is 7.15. The van der Waals surface area contributed by atoms with E-state index in [1.807, 2.05) is 18.2 Å². The number of nitrogens with one attached hydrogen (secondary N) is 1. The Morgan fingerprint density at radius 1 is 1.41 bits per heavy atom. The molecule has 0 saturated carbocycles. The molecule has 0 unspecified atom stereocenters. The van der Waals surface area contributed by atoms with Crippen molar-refractivity contribution in [2.45, 2.75) is 25.7 Å². The highest BCUT2D eigenvalue weighted by Crippen LogP contribution is 2.31. The molecule has 1 aliphatic rings. The molecule has 1 fully saturated rings. The van der Waals surface area contributed by atoms with E-state index in [2.05, 4.69) is 34.6 Å². The number of carbonyl (C=O) groups is 1. The molecule has 1 aromatic carbocycles. The fourth-order valence-corrected chi connectivity index (χ4v) is 3.57. The summed E-state index contributed by atoms with van der Waals surface area (Å²) in [5.74, 6) is 0.135. The minimum absolute atomic E-state index is 0.0204. The molecule has 3 rings (SSSR count). The second-order valence-electron chi connectivity index (χ2n) is 5.37. The number of hydrogen-bond donors (Lipinski definition) is 1. The lowest BCUT2D eigenvalue weighted by molar-refractivity contribution is -0.119. The number of benzene rings is 1. The van der Waals surface area contributed by atoms with Crippen molar-refractivity contribution in [2.24, 2.45) is 5.92 Å². The van der Waals surface area contributed by atoms with E-state index in [4.69, 9.17) is 4.74 Å². The molecule has 2 atom stereocenters. The van der Waals surface area contributed by atoms with Gasteiger partial charge in [0, 0.05) is 12.5 Å². The largest absolute Gasteiger partial charge is 0.381 e. The van der Waals surface area contributed by atoms with Gasteiger partial charge >= 0.3 is 0 Å². The van der Waals surface area contributed by atoms with E-state index in [9.17, 15) is 4.79 Å². The van der Waals surface area contributed by atoms with Gasteiger partial charge in [-0.25, -0.2) is 0 Å². The summed E-state index contributed by atoms with van der Waals surface area (Å²) in [6, 6.07) is 10.3. The third-order valence-electron chi connectivity index (χ3n) is 3.88. The van der Waals surface area contributed by atoms with Gasteiger partial charge in [-0.2, -0.15) is 0 Å². The Labute approximate surface area is 133 Å². The summed E-state index contributed by atoms with van der Waals surface area (Å²) in [6.45, 7) is 3.29. The van der Waals surface area contributed by atoms with Gasteiger partial charge in [-0.1, -0.05) is 48.6 Å². The number of carbonyl (C=O) groups excluding carboxylic acids is 1. The molecule has 0 bridgehead atoms. The number of ether oxygens (including phenoxy) is 1. The zero-order valence-electron chi connectivity index (χ0n) is 12.5. The van der Waals surface area contributed by atoms with Crippen molar-refractivity contribution in [2.75, 3.05) is 18.5 Å². The fraction of sp³-hybridized carbons (Fsp3) is 0.438. The van der Waals surface area contributed by atoms with Crippen LogP contribution in [-0.2, 0) is 9.53 Å². The van der Waals surface area contributed by atoms with Crippen LogP contribution in [0, 0.1) is 5.92 Å². The van der Waals surface area contributed by atoms with Crippen LogP contribution in [-0.4, -0.2) is 29.3 Å². The van der Waals surface area contributed by atoms with E-state index in [1.165, 1.54) is 16.9 Å². The Bertz CT molecular complexity index is 623. The summed E-state index contributed by atoms with van der Waals surface area (Å²) in [5, 5.41) is 12.8. The average molecular weight is 317 g/mol. The summed E-state index contributed by atoms with van der Waals surface area (Å²) in [6.07, 6.45) is 1.72. The van der Waals surface area contributed by atoms with Crippen LogP contribution in [0.4, 0.5) is 5.13 Å². The number of aromatic nitrogens is 2. The van der Waals surface area contributed by atoms with E-state index < -0.39 is 0 Å². The van der Waals surface area contributed by atoms with Crippen LogP contribution in [0.15, 0.2) is 30.3 Å². The zero-order chi connectivity index (χ0) is 15.4. The molecule has 22 heavy (non-hydrogen) atoms. The Balaban J connectivity index is 1.71. The average Bonchev–Trinajstić information content (AvgIpc) is 3.21. The van der Waals surface area contributed by atoms with Crippen molar-refractivity contribution < 1.29 is 9.53 Å². The van der Waals surface area contributed by atoms with Gasteiger partial charge < -0.3 is 10.1 Å². The standard InChI is InChI=1S/C16H19N3O2S/c1-2-13(11-6-4-3-5-7-11)15-18-19-16(22-15)17-14(20)12-8-9-21-10-12/h3-7,12-13H,2,8-10H2,1H3,(H,17,19,20)/t12-,13-/m1/s1. The predicted octanol–water partition coefficient (Wildman–Crippen LogP) is 3.06.